The van der Waals surface area contributed by atoms with Crippen LogP contribution in [0.25, 0.3) is 0 Å². The molecule has 1 aromatic rings. The Bertz CT molecular complexity index is 302. The zero-order chi connectivity index (χ0) is 10.7. The van der Waals surface area contributed by atoms with Gasteiger partial charge in [-0.1, -0.05) is 30.3 Å². The predicted molar refractivity (Wildman–Crippen MR) is 58.4 cm³/mol. The van der Waals surface area contributed by atoms with E-state index in [1.165, 1.54) is 0 Å². The van der Waals surface area contributed by atoms with Gasteiger partial charge in [-0.3, -0.25) is 0 Å². The van der Waals surface area contributed by atoms with E-state index in [1.807, 2.05) is 30.3 Å². The fraction of sp³-hybridized carbons (Fsp3) is 0.500. The molecule has 0 bridgehead atoms. The molecular formula is C12H17NO2. The third-order valence-corrected chi connectivity index (χ3v) is 3.05. The highest BCUT2D eigenvalue weighted by Gasteiger charge is 2.29. The van der Waals surface area contributed by atoms with Crippen molar-refractivity contribution in [1.29, 1.82) is 0 Å². The van der Waals surface area contributed by atoms with Crippen molar-refractivity contribution in [3.05, 3.63) is 35.9 Å². The van der Waals surface area contributed by atoms with Crippen LogP contribution in [0.15, 0.2) is 30.3 Å². The van der Waals surface area contributed by atoms with Gasteiger partial charge in [0.2, 0.25) is 0 Å². The normalized spacial score (nSPS) is 28.7. The Morgan fingerprint density at radius 3 is 2.67 bits per heavy atom. The summed E-state index contributed by atoms with van der Waals surface area (Å²) in [7, 11) is 0. The Hall–Kier alpha value is -0.900. The topological polar surface area (TPSA) is 52.5 Å². The van der Waals surface area contributed by atoms with Crippen LogP contribution in [0.3, 0.4) is 0 Å². The third kappa shape index (κ3) is 2.37. The van der Waals surface area contributed by atoms with E-state index in [0.29, 0.717) is 6.54 Å². The van der Waals surface area contributed by atoms with Gasteiger partial charge in [-0.2, -0.15) is 0 Å². The van der Waals surface area contributed by atoms with Crippen molar-refractivity contribution < 1.29 is 10.2 Å². The molecule has 15 heavy (non-hydrogen) atoms. The Morgan fingerprint density at radius 1 is 1.27 bits per heavy atom. The predicted octanol–water partition coefficient (Wildman–Crippen LogP) is 0.690. The van der Waals surface area contributed by atoms with Gasteiger partial charge in [0.1, 0.15) is 0 Å². The first-order chi connectivity index (χ1) is 7.29. The van der Waals surface area contributed by atoms with E-state index < -0.39 is 12.2 Å². The summed E-state index contributed by atoms with van der Waals surface area (Å²) in [5.41, 5.74) is 0.892. The molecule has 0 spiro atoms. The van der Waals surface area contributed by atoms with Crippen LogP contribution >= 0.6 is 0 Å². The SMILES string of the molecule is OC1CNCCC1C(O)c1ccccc1. The lowest BCUT2D eigenvalue weighted by molar-refractivity contribution is -0.00559. The molecule has 3 nitrogen and oxygen atoms in total. The fourth-order valence-electron chi connectivity index (χ4n) is 2.13. The number of aliphatic hydroxyl groups excluding tert-OH is 2. The Morgan fingerprint density at radius 2 is 2.00 bits per heavy atom. The van der Waals surface area contributed by atoms with E-state index >= 15 is 0 Å². The lowest BCUT2D eigenvalue weighted by Gasteiger charge is -2.32. The zero-order valence-corrected chi connectivity index (χ0v) is 8.63. The molecule has 0 aliphatic carbocycles. The molecule has 3 atom stereocenters. The van der Waals surface area contributed by atoms with Crippen LogP contribution in [0.1, 0.15) is 18.1 Å². The summed E-state index contributed by atoms with van der Waals surface area (Å²) < 4.78 is 0. The van der Waals surface area contributed by atoms with Crippen LogP contribution in [0, 0.1) is 5.92 Å². The molecule has 0 aromatic heterocycles. The standard InChI is InChI=1S/C12H17NO2/c14-11-8-13-7-6-10(11)12(15)9-4-2-1-3-5-9/h1-5,10-15H,6-8H2. The molecule has 1 aliphatic heterocycles. The molecule has 3 heteroatoms. The van der Waals surface area contributed by atoms with Crippen LogP contribution in [0.5, 0.6) is 0 Å². The summed E-state index contributed by atoms with van der Waals surface area (Å²) >= 11 is 0. The van der Waals surface area contributed by atoms with Crippen molar-refractivity contribution in [2.45, 2.75) is 18.6 Å². The minimum atomic E-state index is -0.553. The van der Waals surface area contributed by atoms with Gasteiger partial charge in [-0.05, 0) is 18.5 Å². The van der Waals surface area contributed by atoms with Gasteiger partial charge < -0.3 is 15.5 Å². The molecule has 3 unspecified atom stereocenters. The molecule has 1 heterocycles. The number of benzene rings is 1. The third-order valence-electron chi connectivity index (χ3n) is 3.05. The van der Waals surface area contributed by atoms with E-state index in [4.69, 9.17) is 0 Å². The number of aliphatic hydroxyl groups is 2. The number of rotatable bonds is 2. The quantitative estimate of drug-likeness (QED) is 0.669. The van der Waals surface area contributed by atoms with Crippen molar-refractivity contribution in [2.24, 2.45) is 5.92 Å². The highest BCUT2D eigenvalue weighted by molar-refractivity contribution is 5.18. The van der Waals surface area contributed by atoms with Crippen LogP contribution < -0.4 is 5.32 Å². The van der Waals surface area contributed by atoms with Crippen LogP contribution in [0.4, 0.5) is 0 Å². The number of piperidine rings is 1. The van der Waals surface area contributed by atoms with Crippen LogP contribution in [-0.4, -0.2) is 29.4 Å². The van der Waals surface area contributed by atoms with Gasteiger partial charge in [-0.15, -0.1) is 0 Å². The zero-order valence-electron chi connectivity index (χ0n) is 8.63. The highest BCUT2D eigenvalue weighted by Crippen LogP contribution is 2.28. The molecule has 0 amide bonds. The minimum Gasteiger partial charge on any atom is -0.391 e. The maximum absolute atomic E-state index is 10.1. The molecule has 1 aliphatic rings. The fourth-order valence-corrected chi connectivity index (χ4v) is 2.13. The summed E-state index contributed by atoms with van der Waals surface area (Å²) in [6.45, 7) is 1.44. The number of hydrogen-bond acceptors (Lipinski definition) is 3. The van der Waals surface area contributed by atoms with E-state index in [-0.39, 0.29) is 5.92 Å². The second kappa shape index (κ2) is 4.75. The molecule has 1 fully saturated rings. The maximum Gasteiger partial charge on any atom is 0.0843 e. The second-order valence-corrected chi connectivity index (χ2v) is 4.08. The molecule has 82 valence electrons. The van der Waals surface area contributed by atoms with E-state index in [2.05, 4.69) is 5.32 Å². The molecular weight excluding hydrogens is 190 g/mol. The molecule has 0 saturated carbocycles. The van der Waals surface area contributed by atoms with Gasteiger partial charge in [0, 0.05) is 12.5 Å². The first kappa shape index (κ1) is 10.6. The summed E-state index contributed by atoms with van der Waals surface area (Å²) in [6, 6.07) is 9.55. The van der Waals surface area contributed by atoms with E-state index in [0.717, 1.165) is 18.5 Å². The summed E-state index contributed by atoms with van der Waals surface area (Å²) in [5, 5.41) is 23.0. The Labute approximate surface area is 89.8 Å². The summed E-state index contributed by atoms with van der Waals surface area (Å²) in [6.07, 6.45) is -0.186. The molecule has 2 rings (SSSR count). The maximum atomic E-state index is 10.1. The molecule has 3 N–H and O–H groups in total. The smallest absolute Gasteiger partial charge is 0.0843 e. The monoisotopic (exact) mass is 207 g/mol. The van der Waals surface area contributed by atoms with Gasteiger partial charge >= 0.3 is 0 Å². The van der Waals surface area contributed by atoms with Gasteiger partial charge in [-0.25, -0.2) is 0 Å². The van der Waals surface area contributed by atoms with Gasteiger partial charge in [0.15, 0.2) is 0 Å². The average molecular weight is 207 g/mol. The minimum absolute atomic E-state index is 0.0475. The van der Waals surface area contributed by atoms with Crippen molar-refractivity contribution in [1.82, 2.24) is 5.32 Å². The Balaban J connectivity index is 2.09. The number of hydrogen-bond donors (Lipinski definition) is 3. The van der Waals surface area contributed by atoms with Crippen molar-refractivity contribution in [3.8, 4) is 0 Å². The molecule has 1 aromatic carbocycles. The van der Waals surface area contributed by atoms with Gasteiger partial charge in [0.05, 0.1) is 12.2 Å². The second-order valence-electron chi connectivity index (χ2n) is 4.08. The number of β-amino-alcohol motifs (C(OH)–C–C–N with tert-alkyl or cyclic N) is 1. The van der Waals surface area contributed by atoms with Crippen molar-refractivity contribution >= 4 is 0 Å². The lowest BCUT2D eigenvalue weighted by Crippen LogP contribution is -2.42. The average Bonchev–Trinajstić information content (AvgIpc) is 2.30. The lowest BCUT2D eigenvalue weighted by atomic mass is 9.86. The largest absolute Gasteiger partial charge is 0.391 e. The summed E-state index contributed by atoms with van der Waals surface area (Å²) in [5.74, 6) is -0.0475. The number of nitrogens with one attached hydrogen (secondary N) is 1. The highest BCUT2D eigenvalue weighted by atomic mass is 16.3. The van der Waals surface area contributed by atoms with Gasteiger partial charge in [0.25, 0.3) is 0 Å². The molecule has 1 saturated heterocycles. The van der Waals surface area contributed by atoms with E-state index in [9.17, 15) is 10.2 Å². The van der Waals surface area contributed by atoms with E-state index in [1.54, 1.807) is 0 Å². The van der Waals surface area contributed by atoms with Crippen LogP contribution in [0.2, 0.25) is 0 Å². The van der Waals surface area contributed by atoms with Crippen LogP contribution in [-0.2, 0) is 0 Å². The Kier molecular flexibility index (Phi) is 3.36. The first-order valence-electron chi connectivity index (χ1n) is 5.41. The van der Waals surface area contributed by atoms with Crippen molar-refractivity contribution in [3.63, 3.8) is 0 Å². The molecule has 0 radical (unpaired) electrons. The first-order valence-corrected chi connectivity index (χ1v) is 5.41. The van der Waals surface area contributed by atoms with Crippen molar-refractivity contribution in [2.75, 3.05) is 13.1 Å². The summed E-state index contributed by atoms with van der Waals surface area (Å²) in [4.78, 5) is 0.